The Hall–Kier alpha value is -1.27. The molecule has 0 amide bonds. The first-order chi connectivity index (χ1) is 8.38. The van der Waals surface area contributed by atoms with Crippen molar-refractivity contribution in [3.05, 3.63) is 18.2 Å². The van der Waals surface area contributed by atoms with Gasteiger partial charge in [-0.25, -0.2) is 13.6 Å². The Labute approximate surface area is 108 Å². The van der Waals surface area contributed by atoms with Crippen molar-refractivity contribution in [2.45, 2.75) is 24.7 Å². The minimum absolute atomic E-state index is 0.116. The van der Waals surface area contributed by atoms with E-state index in [4.69, 9.17) is 10.9 Å². The molecule has 0 bridgehead atoms. The van der Waals surface area contributed by atoms with E-state index in [1.54, 1.807) is 12.1 Å². The van der Waals surface area contributed by atoms with Crippen molar-refractivity contribution in [2.75, 3.05) is 23.7 Å². The van der Waals surface area contributed by atoms with Gasteiger partial charge in [-0.2, -0.15) is 0 Å². The monoisotopic (exact) mass is 269 g/mol. The van der Waals surface area contributed by atoms with E-state index >= 15 is 0 Å². The molecule has 0 saturated carbocycles. The molecular formula is C12H19N3O2S. The molecule has 1 aromatic carbocycles. The van der Waals surface area contributed by atoms with Gasteiger partial charge >= 0.3 is 0 Å². The van der Waals surface area contributed by atoms with Gasteiger partial charge in [-0.3, -0.25) is 0 Å². The van der Waals surface area contributed by atoms with Crippen LogP contribution < -0.4 is 15.8 Å². The molecule has 0 aromatic heterocycles. The molecule has 100 valence electrons. The largest absolute Gasteiger partial charge is 0.397 e. The average Bonchev–Trinajstić information content (AvgIpc) is 2.29. The summed E-state index contributed by atoms with van der Waals surface area (Å²) < 4.78 is 22.7. The third-order valence-corrected chi connectivity index (χ3v) is 4.37. The Morgan fingerprint density at radius 3 is 2.44 bits per heavy atom. The second-order valence-electron chi connectivity index (χ2n) is 4.94. The SMILES string of the molecule is CC1CCN(c2cc(S(N)(=O)=O)ccc2N)CC1. The second-order valence-corrected chi connectivity index (χ2v) is 6.50. The smallest absolute Gasteiger partial charge is 0.238 e. The number of nitrogen functional groups attached to an aromatic ring is 1. The fourth-order valence-electron chi connectivity index (χ4n) is 2.22. The van der Waals surface area contributed by atoms with Crippen LogP contribution in [0.15, 0.2) is 23.1 Å². The van der Waals surface area contributed by atoms with E-state index in [2.05, 4.69) is 11.8 Å². The van der Waals surface area contributed by atoms with E-state index in [-0.39, 0.29) is 4.90 Å². The minimum atomic E-state index is -3.67. The summed E-state index contributed by atoms with van der Waals surface area (Å²) in [5.74, 6) is 0.712. The van der Waals surface area contributed by atoms with E-state index in [1.165, 1.54) is 6.07 Å². The molecule has 0 radical (unpaired) electrons. The Kier molecular flexibility index (Phi) is 3.49. The lowest BCUT2D eigenvalue weighted by Crippen LogP contribution is -2.33. The number of primary sulfonamides is 1. The Balaban J connectivity index is 2.32. The van der Waals surface area contributed by atoms with Crippen LogP contribution in [0.2, 0.25) is 0 Å². The first-order valence-corrected chi connectivity index (χ1v) is 7.60. The van der Waals surface area contributed by atoms with Gasteiger partial charge in [-0.15, -0.1) is 0 Å². The van der Waals surface area contributed by atoms with Gasteiger partial charge in [0.2, 0.25) is 10.0 Å². The zero-order valence-corrected chi connectivity index (χ0v) is 11.3. The minimum Gasteiger partial charge on any atom is -0.397 e. The van der Waals surface area contributed by atoms with Crippen LogP contribution in [0, 0.1) is 5.92 Å². The van der Waals surface area contributed by atoms with Gasteiger partial charge in [-0.05, 0) is 37.0 Å². The van der Waals surface area contributed by atoms with Crippen molar-refractivity contribution in [3.8, 4) is 0 Å². The van der Waals surface area contributed by atoms with Crippen molar-refractivity contribution in [3.63, 3.8) is 0 Å². The normalized spacial score (nSPS) is 18.0. The molecule has 18 heavy (non-hydrogen) atoms. The molecule has 1 saturated heterocycles. The molecule has 1 aromatic rings. The van der Waals surface area contributed by atoms with E-state index in [9.17, 15) is 8.42 Å². The Bertz CT molecular complexity index is 534. The molecule has 1 aliphatic heterocycles. The number of piperidine rings is 1. The highest BCUT2D eigenvalue weighted by Gasteiger charge is 2.19. The van der Waals surface area contributed by atoms with Gasteiger partial charge in [-0.1, -0.05) is 6.92 Å². The van der Waals surface area contributed by atoms with Crippen molar-refractivity contribution < 1.29 is 8.42 Å². The van der Waals surface area contributed by atoms with Crippen molar-refractivity contribution in [1.82, 2.24) is 0 Å². The third kappa shape index (κ3) is 2.76. The molecule has 5 nitrogen and oxygen atoms in total. The van der Waals surface area contributed by atoms with Crippen LogP contribution in [0.4, 0.5) is 11.4 Å². The maximum atomic E-state index is 11.3. The summed E-state index contributed by atoms with van der Waals surface area (Å²) in [5, 5.41) is 5.14. The number of sulfonamides is 1. The summed E-state index contributed by atoms with van der Waals surface area (Å²) in [7, 11) is -3.67. The van der Waals surface area contributed by atoms with Crippen LogP contribution in [0.5, 0.6) is 0 Å². The quantitative estimate of drug-likeness (QED) is 0.788. The molecule has 0 atom stereocenters. The lowest BCUT2D eigenvalue weighted by molar-refractivity contribution is 0.438. The number of nitrogens with zero attached hydrogens (tertiary/aromatic N) is 1. The van der Waals surface area contributed by atoms with Crippen LogP contribution in [0.1, 0.15) is 19.8 Å². The zero-order chi connectivity index (χ0) is 13.3. The summed E-state index contributed by atoms with van der Waals surface area (Å²) in [6, 6.07) is 4.62. The molecule has 2 rings (SSSR count). The van der Waals surface area contributed by atoms with E-state index < -0.39 is 10.0 Å². The molecule has 0 unspecified atom stereocenters. The van der Waals surface area contributed by atoms with Gasteiger partial charge in [0.1, 0.15) is 0 Å². The lowest BCUT2D eigenvalue weighted by atomic mass is 9.98. The predicted octanol–water partition coefficient (Wildman–Crippen LogP) is 1.15. The zero-order valence-electron chi connectivity index (χ0n) is 10.5. The van der Waals surface area contributed by atoms with E-state index in [0.717, 1.165) is 31.6 Å². The fourth-order valence-corrected chi connectivity index (χ4v) is 2.76. The predicted molar refractivity (Wildman–Crippen MR) is 72.8 cm³/mol. The molecular weight excluding hydrogens is 250 g/mol. The fraction of sp³-hybridized carbons (Fsp3) is 0.500. The van der Waals surface area contributed by atoms with Crippen LogP contribution in [-0.4, -0.2) is 21.5 Å². The second kappa shape index (κ2) is 4.78. The molecule has 6 heteroatoms. The van der Waals surface area contributed by atoms with Crippen LogP contribution in [-0.2, 0) is 10.0 Å². The number of nitrogens with two attached hydrogens (primary N) is 2. The molecule has 0 spiro atoms. The number of benzene rings is 1. The summed E-state index contributed by atoms with van der Waals surface area (Å²) >= 11 is 0. The number of rotatable bonds is 2. The Morgan fingerprint density at radius 2 is 1.89 bits per heavy atom. The summed E-state index contributed by atoms with van der Waals surface area (Å²) in [4.78, 5) is 2.25. The first-order valence-electron chi connectivity index (χ1n) is 6.05. The van der Waals surface area contributed by atoms with Gasteiger partial charge < -0.3 is 10.6 Å². The van der Waals surface area contributed by atoms with E-state index in [1.807, 2.05) is 0 Å². The number of hydrogen-bond donors (Lipinski definition) is 2. The summed E-state index contributed by atoms with van der Waals surface area (Å²) in [5.41, 5.74) is 7.29. The summed E-state index contributed by atoms with van der Waals surface area (Å²) in [6.07, 6.45) is 2.19. The maximum Gasteiger partial charge on any atom is 0.238 e. The van der Waals surface area contributed by atoms with Gasteiger partial charge in [0, 0.05) is 13.1 Å². The molecule has 1 aliphatic rings. The number of anilines is 2. The first kappa shape index (κ1) is 13.2. The van der Waals surface area contributed by atoms with Gasteiger partial charge in [0.05, 0.1) is 16.3 Å². The standard InChI is InChI=1S/C12H19N3O2S/c1-9-4-6-15(7-5-9)12-8-10(18(14,16)17)2-3-11(12)13/h2-3,8-9H,4-7,13H2,1H3,(H2,14,16,17). The summed E-state index contributed by atoms with van der Waals surface area (Å²) in [6.45, 7) is 4.03. The number of hydrogen-bond acceptors (Lipinski definition) is 4. The van der Waals surface area contributed by atoms with Gasteiger partial charge in [0.25, 0.3) is 0 Å². The molecule has 1 heterocycles. The van der Waals surface area contributed by atoms with Gasteiger partial charge in [0.15, 0.2) is 0 Å². The molecule has 0 aliphatic carbocycles. The highest BCUT2D eigenvalue weighted by molar-refractivity contribution is 7.89. The van der Waals surface area contributed by atoms with Crippen LogP contribution in [0.3, 0.4) is 0 Å². The van der Waals surface area contributed by atoms with E-state index in [0.29, 0.717) is 11.6 Å². The topological polar surface area (TPSA) is 89.4 Å². The lowest BCUT2D eigenvalue weighted by Gasteiger charge is -2.33. The maximum absolute atomic E-state index is 11.3. The highest BCUT2D eigenvalue weighted by Crippen LogP contribution is 2.29. The molecule has 4 N–H and O–H groups in total. The Morgan fingerprint density at radius 1 is 1.28 bits per heavy atom. The average molecular weight is 269 g/mol. The van der Waals surface area contributed by atoms with Crippen LogP contribution in [0.25, 0.3) is 0 Å². The highest BCUT2D eigenvalue weighted by atomic mass is 32.2. The van der Waals surface area contributed by atoms with Crippen molar-refractivity contribution >= 4 is 21.4 Å². The van der Waals surface area contributed by atoms with Crippen molar-refractivity contribution in [1.29, 1.82) is 0 Å². The van der Waals surface area contributed by atoms with Crippen LogP contribution >= 0.6 is 0 Å². The van der Waals surface area contributed by atoms with Crippen molar-refractivity contribution in [2.24, 2.45) is 11.1 Å². The third-order valence-electron chi connectivity index (χ3n) is 3.45. The molecule has 1 fully saturated rings.